The quantitative estimate of drug-likeness (QED) is 0.603. The number of benzene rings is 1. The molecule has 0 fully saturated rings. The van der Waals surface area contributed by atoms with Gasteiger partial charge in [0.05, 0.1) is 16.7 Å². The van der Waals surface area contributed by atoms with Crippen LogP contribution in [0.3, 0.4) is 0 Å². The summed E-state index contributed by atoms with van der Waals surface area (Å²) in [5, 5.41) is 10.4. The van der Waals surface area contributed by atoms with Crippen LogP contribution in [-0.2, 0) is 6.18 Å². The molecule has 1 heterocycles. The lowest BCUT2D eigenvalue weighted by molar-refractivity contribution is -0.384. The summed E-state index contributed by atoms with van der Waals surface area (Å²) in [5.41, 5.74) is -2.15. The molecule has 0 atom stereocenters. The first-order valence-electron chi connectivity index (χ1n) is 4.89. The summed E-state index contributed by atoms with van der Waals surface area (Å²) in [6.07, 6.45) is -3.48. The summed E-state index contributed by atoms with van der Waals surface area (Å²) in [6, 6.07) is 3.92. The molecule has 4 nitrogen and oxygen atoms in total. The van der Waals surface area contributed by atoms with Crippen LogP contribution >= 0.6 is 11.6 Å². The molecule has 0 radical (unpaired) electrons. The van der Waals surface area contributed by atoms with Gasteiger partial charge in [-0.25, -0.2) is 0 Å². The molecular formula is C11H5ClF3NO3. The zero-order valence-corrected chi connectivity index (χ0v) is 9.83. The van der Waals surface area contributed by atoms with E-state index in [-0.39, 0.29) is 11.3 Å². The molecule has 0 N–H and O–H groups in total. The Bertz CT molecular complexity index is 623. The fourth-order valence-corrected chi connectivity index (χ4v) is 1.79. The number of rotatable bonds is 2. The maximum Gasteiger partial charge on any atom is 0.416 e. The standard InChI is InChI=1S/C11H5ClF3NO3/c12-10-7(9-2-1-3-19-9)4-6(11(13,14)15)5-8(10)16(17)18/h1-5H. The average Bonchev–Trinajstić information content (AvgIpc) is 2.80. The number of furan rings is 1. The lowest BCUT2D eigenvalue weighted by atomic mass is 10.1. The minimum atomic E-state index is -4.71. The number of hydrogen-bond donors (Lipinski definition) is 0. The molecule has 0 aliphatic heterocycles. The Morgan fingerprint density at radius 1 is 1.32 bits per heavy atom. The van der Waals surface area contributed by atoms with E-state index >= 15 is 0 Å². The van der Waals surface area contributed by atoms with Gasteiger partial charge in [-0.1, -0.05) is 11.6 Å². The maximum atomic E-state index is 12.7. The van der Waals surface area contributed by atoms with Gasteiger partial charge in [-0.05, 0) is 18.2 Å². The molecule has 1 aromatic carbocycles. The van der Waals surface area contributed by atoms with E-state index in [0.717, 1.165) is 0 Å². The number of alkyl halides is 3. The Morgan fingerprint density at radius 3 is 2.47 bits per heavy atom. The second kappa shape index (κ2) is 4.58. The SMILES string of the molecule is O=[N+]([O-])c1cc(C(F)(F)F)cc(-c2ccco2)c1Cl. The number of nitro groups is 1. The smallest absolute Gasteiger partial charge is 0.416 e. The van der Waals surface area contributed by atoms with E-state index in [9.17, 15) is 23.3 Å². The Morgan fingerprint density at radius 2 is 2.00 bits per heavy atom. The van der Waals surface area contributed by atoms with Gasteiger partial charge >= 0.3 is 6.18 Å². The van der Waals surface area contributed by atoms with Crippen LogP contribution in [-0.4, -0.2) is 4.92 Å². The van der Waals surface area contributed by atoms with E-state index in [0.29, 0.717) is 12.1 Å². The molecule has 0 unspecified atom stereocenters. The van der Waals surface area contributed by atoms with Gasteiger partial charge in [-0.15, -0.1) is 0 Å². The minimum absolute atomic E-state index is 0.0270. The van der Waals surface area contributed by atoms with Crippen molar-refractivity contribution in [2.45, 2.75) is 6.18 Å². The molecule has 0 aliphatic carbocycles. The number of nitro benzene ring substituents is 1. The lowest BCUT2D eigenvalue weighted by Gasteiger charge is -2.09. The maximum absolute atomic E-state index is 12.7. The third-order valence-corrected chi connectivity index (χ3v) is 2.76. The van der Waals surface area contributed by atoms with Crippen molar-refractivity contribution in [2.75, 3.05) is 0 Å². The van der Waals surface area contributed by atoms with Crippen molar-refractivity contribution in [3.63, 3.8) is 0 Å². The van der Waals surface area contributed by atoms with Crippen LogP contribution in [0.4, 0.5) is 18.9 Å². The third kappa shape index (κ3) is 2.55. The first-order chi connectivity index (χ1) is 8.80. The predicted octanol–water partition coefficient (Wildman–Crippen LogP) is 4.53. The van der Waals surface area contributed by atoms with Gasteiger partial charge in [0.15, 0.2) is 0 Å². The van der Waals surface area contributed by atoms with Crippen molar-refractivity contribution in [1.82, 2.24) is 0 Å². The molecule has 100 valence electrons. The summed E-state index contributed by atoms with van der Waals surface area (Å²) < 4.78 is 43.0. The monoisotopic (exact) mass is 291 g/mol. The summed E-state index contributed by atoms with van der Waals surface area (Å²) in [4.78, 5) is 9.78. The summed E-state index contributed by atoms with van der Waals surface area (Å²) >= 11 is 5.75. The molecule has 1 aromatic heterocycles. The van der Waals surface area contributed by atoms with Gasteiger partial charge in [-0.3, -0.25) is 10.1 Å². The van der Waals surface area contributed by atoms with Gasteiger partial charge in [0.2, 0.25) is 0 Å². The van der Waals surface area contributed by atoms with Crippen LogP contribution in [0.1, 0.15) is 5.56 Å². The Labute approximate surface area is 109 Å². The fourth-order valence-electron chi connectivity index (χ4n) is 1.52. The molecule has 0 amide bonds. The minimum Gasteiger partial charge on any atom is -0.464 e. The van der Waals surface area contributed by atoms with Crippen LogP contribution in [0.25, 0.3) is 11.3 Å². The molecule has 8 heteroatoms. The van der Waals surface area contributed by atoms with Gasteiger partial charge in [0, 0.05) is 11.6 Å². The molecule has 0 saturated carbocycles. The Balaban J connectivity index is 2.73. The van der Waals surface area contributed by atoms with E-state index in [1.807, 2.05) is 0 Å². The Kier molecular flexibility index (Phi) is 3.23. The van der Waals surface area contributed by atoms with Crippen LogP contribution in [0.2, 0.25) is 5.02 Å². The van der Waals surface area contributed by atoms with Gasteiger partial charge in [-0.2, -0.15) is 13.2 Å². The second-order valence-corrected chi connectivity index (χ2v) is 3.97. The van der Waals surface area contributed by atoms with Gasteiger partial charge in [0.1, 0.15) is 10.8 Å². The normalized spacial score (nSPS) is 11.6. The highest BCUT2D eigenvalue weighted by Gasteiger charge is 2.34. The van der Waals surface area contributed by atoms with Crippen LogP contribution < -0.4 is 0 Å². The lowest BCUT2D eigenvalue weighted by Crippen LogP contribution is -2.06. The van der Waals surface area contributed by atoms with Crippen LogP contribution in [0, 0.1) is 10.1 Å². The van der Waals surface area contributed by atoms with E-state index in [1.54, 1.807) is 0 Å². The van der Waals surface area contributed by atoms with E-state index in [2.05, 4.69) is 0 Å². The number of nitrogens with zero attached hydrogens (tertiary/aromatic N) is 1. The van der Waals surface area contributed by atoms with Crippen molar-refractivity contribution < 1.29 is 22.5 Å². The number of halogens is 4. The summed E-state index contributed by atoms with van der Waals surface area (Å²) in [5.74, 6) is 0.0270. The molecule has 0 saturated heterocycles. The van der Waals surface area contributed by atoms with Crippen LogP contribution in [0.15, 0.2) is 34.9 Å². The van der Waals surface area contributed by atoms with Gasteiger partial charge in [0.25, 0.3) is 5.69 Å². The van der Waals surface area contributed by atoms with E-state index in [1.165, 1.54) is 18.4 Å². The van der Waals surface area contributed by atoms with Crippen molar-refractivity contribution >= 4 is 17.3 Å². The van der Waals surface area contributed by atoms with Crippen molar-refractivity contribution in [2.24, 2.45) is 0 Å². The fraction of sp³-hybridized carbons (Fsp3) is 0.0909. The van der Waals surface area contributed by atoms with Crippen molar-refractivity contribution in [1.29, 1.82) is 0 Å². The average molecular weight is 292 g/mol. The molecule has 0 bridgehead atoms. The first kappa shape index (κ1) is 13.4. The highest BCUT2D eigenvalue weighted by Crippen LogP contribution is 2.41. The zero-order chi connectivity index (χ0) is 14.2. The molecule has 0 spiro atoms. The topological polar surface area (TPSA) is 56.3 Å². The largest absolute Gasteiger partial charge is 0.464 e. The second-order valence-electron chi connectivity index (χ2n) is 3.59. The molecule has 0 aliphatic rings. The highest BCUT2D eigenvalue weighted by atomic mass is 35.5. The van der Waals surface area contributed by atoms with E-state index < -0.39 is 27.4 Å². The predicted molar refractivity (Wildman–Crippen MR) is 60.8 cm³/mol. The van der Waals surface area contributed by atoms with Crippen molar-refractivity contribution in [3.05, 3.63) is 51.2 Å². The Hall–Kier alpha value is -2.02. The van der Waals surface area contributed by atoms with E-state index in [4.69, 9.17) is 16.0 Å². The molecule has 2 rings (SSSR count). The molecule has 2 aromatic rings. The molecule has 19 heavy (non-hydrogen) atoms. The van der Waals surface area contributed by atoms with Gasteiger partial charge < -0.3 is 4.42 Å². The zero-order valence-electron chi connectivity index (χ0n) is 9.07. The third-order valence-electron chi connectivity index (χ3n) is 2.36. The number of hydrogen-bond acceptors (Lipinski definition) is 3. The highest BCUT2D eigenvalue weighted by molar-refractivity contribution is 6.35. The summed E-state index contributed by atoms with van der Waals surface area (Å²) in [6.45, 7) is 0. The molecular weight excluding hydrogens is 287 g/mol. The first-order valence-corrected chi connectivity index (χ1v) is 5.27. The van der Waals surface area contributed by atoms with Crippen molar-refractivity contribution in [3.8, 4) is 11.3 Å². The van der Waals surface area contributed by atoms with Crippen LogP contribution in [0.5, 0.6) is 0 Å². The summed E-state index contributed by atoms with van der Waals surface area (Å²) in [7, 11) is 0.